The highest BCUT2D eigenvalue weighted by atomic mass is 16.5. The average molecular weight is 309 g/mol. The van der Waals surface area contributed by atoms with Crippen LogP contribution in [0.15, 0.2) is 42.5 Å². The first-order valence-corrected chi connectivity index (χ1v) is 7.55. The number of methoxy groups -OCH3 is 1. The van der Waals surface area contributed by atoms with Gasteiger partial charge < -0.3 is 14.4 Å². The molecule has 1 heterocycles. The van der Waals surface area contributed by atoms with Gasteiger partial charge in [-0.25, -0.2) is 0 Å². The van der Waals surface area contributed by atoms with Crippen LogP contribution in [0.2, 0.25) is 0 Å². The first kappa shape index (κ1) is 15.2. The molecule has 0 saturated heterocycles. The molecule has 1 aliphatic heterocycles. The van der Waals surface area contributed by atoms with Gasteiger partial charge in [-0.15, -0.1) is 0 Å². The highest BCUT2D eigenvalue weighted by Gasteiger charge is 2.29. The summed E-state index contributed by atoms with van der Waals surface area (Å²) in [5.41, 5.74) is 3.48. The minimum Gasteiger partial charge on any atom is -0.493 e. The molecule has 0 N–H and O–H groups in total. The van der Waals surface area contributed by atoms with Crippen molar-refractivity contribution < 1.29 is 14.3 Å². The lowest BCUT2D eigenvalue weighted by Crippen LogP contribution is -2.20. The maximum Gasteiger partial charge on any atom is 0.258 e. The number of hydrogen-bond donors (Lipinski definition) is 0. The highest BCUT2D eigenvalue weighted by molar-refractivity contribution is 6.35. The molecule has 0 unspecified atom stereocenters. The number of carbonyl (C=O) groups excluding carboxylic acids is 1. The molecule has 0 spiro atoms. The van der Waals surface area contributed by atoms with Crippen molar-refractivity contribution in [1.29, 1.82) is 0 Å². The van der Waals surface area contributed by atoms with E-state index in [1.165, 1.54) is 0 Å². The number of hydrogen-bond acceptors (Lipinski definition) is 3. The van der Waals surface area contributed by atoms with E-state index in [1.807, 2.05) is 55.5 Å². The summed E-state index contributed by atoms with van der Waals surface area (Å²) in [6, 6.07) is 13.5. The van der Waals surface area contributed by atoms with Crippen molar-refractivity contribution >= 4 is 23.2 Å². The van der Waals surface area contributed by atoms with Gasteiger partial charge in [-0.3, -0.25) is 4.79 Å². The summed E-state index contributed by atoms with van der Waals surface area (Å²) in [4.78, 5) is 14.2. The Hall–Kier alpha value is -2.75. The maximum atomic E-state index is 12.5. The van der Waals surface area contributed by atoms with Gasteiger partial charge in [0.2, 0.25) is 0 Å². The molecule has 3 rings (SSSR count). The summed E-state index contributed by atoms with van der Waals surface area (Å²) in [5, 5.41) is 0. The Balaban J connectivity index is 2.05. The lowest BCUT2D eigenvalue weighted by Gasteiger charge is -2.10. The Bertz CT molecular complexity index is 780. The minimum atomic E-state index is -0.0000204. The van der Waals surface area contributed by atoms with Crippen LogP contribution >= 0.6 is 0 Å². The molecule has 0 radical (unpaired) electrons. The minimum absolute atomic E-state index is 0.0000204. The monoisotopic (exact) mass is 309 g/mol. The zero-order chi connectivity index (χ0) is 16.4. The van der Waals surface area contributed by atoms with Gasteiger partial charge in [-0.1, -0.05) is 24.3 Å². The van der Waals surface area contributed by atoms with Gasteiger partial charge >= 0.3 is 0 Å². The highest BCUT2D eigenvalue weighted by Crippen LogP contribution is 2.37. The molecule has 118 valence electrons. The van der Waals surface area contributed by atoms with E-state index in [0.29, 0.717) is 23.7 Å². The largest absolute Gasteiger partial charge is 0.493 e. The van der Waals surface area contributed by atoms with Crippen LogP contribution in [0.1, 0.15) is 18.1 Å². The number of fused-ring (bicyclic) bond motifs is 1. The molecule has 0 aromatic heterocycles. The number of para-hydroxylation sites is 1. The zero-order valence-corrected chi connectivity index (χ0v) is 13.5. The molecule has 23 heavy (non-hydrogen) atoms. The quantitative estimate of drug-likeness (QED) is 0.810. The average Bonchev–Trinajstić information content (AvgIpc) is 2.81. The van der Waals surface area contributed by atoms with Gasteiger partial charge in [0.25, 0.3) is 5.91 Å². The SMILES string of the molecule is CCOc1cc(C=C2C(=O)N(C)c3ccccc32)ccc1OC. The van der Waals surface area contributed by atoms with Crippen molar-refractivity contribution in [3.05, 3.63) is 53.6 Å². The molecule has 0 bridgehead atoms. The van der Waals surface area contributed by atoms with Crippen LogP contribution in [0, 0.1) is 0 Å². The van der Waals surface area contributed by atoms with Gasteiger partial charge in [0.1, 0.15) is 0 Å². The van der Waals surface area contributed by atoms with Crippen molar-refractivity contribution in [3.63, 3.8) is 0 Å². The number of anilines is 1. The molecule has 0 aliphatic carbocycles. The van der Waals surface area contributed by atoms with Gasteiger partial charge in [-0.2, -0.15) is 0 Å². The lowest BCUT2D eigenvalue weighted by atomic mass is 10.0. The molecule has 4 heteroatoms. The molecule has 4 nitrogen and oxygen atoms in total. The molecular formula is C19H19NO3. The van der Waals surface area contributed by atoms with E-state index in [2.05, 4.69) is 0 Å². The van der Waals surface area contributed by atoms with Gasteiger partial charge in [0, 0.05) is 18.2 Å². The van der Waals surface area contributed by atoms with E-state index in [9.17, 15) is 4.79 Å². The van der Waals surface area contributed by atoms with Gasteiger partial charge in [0.05, 0.1) is 19.4 Å². The Labute approximate surface area is 135 Å². The number of ether oxygens (including phenoxy) is 2. The summed E-state index contributed by atoms with van der Waals surface area (Å²) in [5.74, 6) is 1.36. The third-order valence-electron chi connectivity index (χ3n) is 3.89. The molecule has 2 aromatic rings. The van der Waals surface area contributed by atoms with E-state index in [-0.39, 0.29) is 5.91 Å². The van der Waals surface area contributed by atoms with Crippen molar-refractivity contribution in [3.8, 4) is 11.5 Å². The van der Waals surface area contributed by atoms with Crippen LogP contribution in [0.3, 0.4) is 0 Å². The van der Waals surface area contributed by atoms with Crippen LogP contribution in [-0.4, -0.2) is 26.7 Å². The fraction of sp³-hybridized carbons (Fsp3) is 0.211. The standard InChI is InChI=1S/C19H19NO3/c1-4-23-18-12-13(9-10-17(18)22-3)11-15-14-7-5-6-8-16(14)20(2)19(15)21/h5-12H,4H2,1-3H3. The van der Waals surface area contributed by atoms with Gasteiger partial charge in [0.15, 0.2) is 11.5 Å². The van der Waals surface area contributed by atoms with Crippen LogP contribution in [-0.2, 0) is 4.79 Å². The number of rotatable bonds is 4. The number of likely N-dealkylation sites (N-methyl/N-ethyl adjacent to an activating group) is 1. The first-order valence-electron chi connectivity index (χ1n) is 7.55. The second-order valence-corrected chi connectivity index (χ2v) is 5.28. The number of amides is 1. The van der Waals surface area contributed by atoms with E-state index >= 15 is 0 Å². The molecule has 1 aliphatic rings. The summed E-state index contributed by atoms with van der Waals surface area (Å²) in [7, 11) is 3.41. The van der Waals surface area contributed by atoms with E-state index in [4.69, 9.17) is 9.47 Å². The van der Waals surface area contributed by atoms with Crippen LogP contribution in [0.4, 0.5) is 5.69 Å². The maximum absolute atomic E-state index is 12.5. The number of nitrogens with zero attached hydrogens (tertiary/aromatic N) is 1. The number of benzene rings is 2. The first-order chi connectivity index (χ1) is 11.2. The van der Waals surface area contributed by atoms with Crippen molar-refractivity contribution in [2.24, 2.45) is 0 Å². The topological polar surface area (TPSA) is 38.8 Å². The Kier molecular flexibility index (Phi) is 4.06. The third-order valence-corrected chi connectivity index (χ3v) is 3.89. The normalized spacial score (nSPS) is 15.0. The predicted molar refractivity (Wildman–Crippen MR) is 91.9 cm³/mol. The van der Waals surface area contributed by atoms with E-state index in [0.717, 1.165) is 16.8 Å². The molecule has 0 saturated carbocycles. The fourth-order valence-corrected chi connectivity index (χ4v) is 2.76. The van der Waals surface area contributed by atoms with Crippen molar-refractivity contribution in [2.75, 3.05) is 25.7 Å². The van der Waals surface area contributed by atoms with Crippen LogP contribution < -0.4 is 14.4 Å². The Morgan fingerprint density at radius 3 is 2.65 bits per heavy atom. The van der Waals surface area contributed by atoms with E-state index < -0.39 is 0 Å². The van der Waals surface area contributed by atoms with Crippen molar-refractivity contribution in [2.45, 2.75) is 6.92 Å². The Morgan fingerprint density at radius 2 is 1.91 bits per heavy atom. The Morgan fingerprint density at radius 1 is 1.13 bits per heavy atom. The van der Waals surface area contributed by atoms with Crippen molar-refractivity contribution in [1.82, 2.24) is 0 Å². The molecule has 2 aromatic carbocycles. The summed E-state index contributed by atoms with van der Waals surface area (Å²) < 4.78 is 10.9. The van der Waals surface area contributed by atoms with E-state index in [1.54, 1.807) is 19.1 Å². The molecule has 1 amide bonds. The molecular weight excluding hydrogens is 290 g/mol. The second-order valence-electron chi connectivity index (χ2n) is 5.28. The predicted octanol–water partition coefficient (Wildman–Crippen LogP) is 3.61. The smallest absolute Gasteiger partial charge is 0.258 e. The summed E-state index contributed by atoms with van der Waals surface area (Å²) in [6.07, 6.45) is 1.90. The summed E-state index contributed by atoms with van der Waals surface area (Å²) >= 11 is 0. The van der Waals surface area contributed by atoms with Crippen LogP contribution in [0.25, 0.3) is 11.6 Å². The molecule has 0 atom stereocenters. The number of carbonyl (C=O) groups is 1. The summed E-state index contributed by atoms with van der Waals surface area (Å²) in [6.45, 7) is 2.48. The molecule has 0 fully saturated rings. The lowest BCUT2D eigenvalue weighted by molar-refractivity contribution is -0.112. The third kappa shape index (κ3) is 2.68. The fourth-order valence-electron chi connectivity index (χ4n) is 2.76. The van der Waals surface area contributed by atoms with Crippen LogP contribution in [0.5, 0.6) is 11.5 Å². The zero-order valence-electron chi connectivity index (χ0n) is 13.5. The second kappa shape index (κ2) is 6.16. The van der Waals surface area contributed by atoms with Gasteiger partial charge in [-0.05, 0) is 36.8 Å².